The average molecular weight is 248 g/mol. The van der Waals surface area contributed by atoms with Gasteiger partial charge in [-0.3, -0.25) is 0 Å². The van der Waals surface area contributed by atoms with Crippen LogP contribution in [-0.4, -0.2) is 38.3 Å². The van der Waals surface area contributed by atoms with Crippen molar-refractivity contribution in [2.24, 2.45) is 11.1 Å². The van der Waals surface area contributed by atoms with E-state index in [1.165, 1.54) is 11.1 Å². The van der Waals surface area contributed by atoms with Crippen molar-refractivity contribution < 1.29 is 4.74 Å². The van der Waals surface area contributed by atoms with Crippen LogP contribution in [0.3, 0.4) is 0 Å². The molecule has 3 nitrogen and oxygen atoms in total. The zero-order chi connectivity index (χ0) is 13.0. The van der Waals surface area contributed by atoms with Gasteiger partial charge in [0.1, 0.15) is 0 Å². The van der Waals surface area contributed by atoms with Gasteiger partial charge < -0.3 is 15.4 Å². The molecule has 1 atom stereocenters. The van der Waals surface area contributed by atoms with E-state index in [1.54, 1.807) is 0 Å². The molecule has 2 N–H and O–H groups in total. The fourth-order valence-electron chi connectivity index (χ4n) is 2.63. The van der Waals surface area contributed by atoms with Crippen molar-refractivity contribution in [2.45, 2.75) is 19.9 Å². The van der Waals surface area contributed by atoms with E-state index in [9.17, 15) is 0 Å². The number of nitrogens with two attached hydrogens (primary N) is 1. The molecule has 2 rings (SSSR count). The number of hydrogen-bond acceptors (Lipinski definition) is 3. The van der Waals surface area contributed by atoms with Gasteiger partial charge in [-0.25, -0.2) is 0 Å². The van der Waals surface area contributed by atoms with Crippen LogP contribution in [0.25, 0.3) is 0 Å². The minimum Gasteiger partial charge on any atom is -0.381 e. The van der Waals surface area contributed by atoms with Crippen LogP contribution in [-0.2, 0) is 11.3 Å². The fraction of sp³-hybridized carbons (Fsp3) is 0.600. The number of aryl methyl sites for hydroxylation is 1. The third-order valence-corrected chi connectivity index (χ3v) is 3.80. The van der Waals surface area contributed by atoms with Crippen LogP contribution in [0.15, 0.2) is 24.3 Å². The van der Waals surface area contributed by atoms with E-state index in [0.717, 1.165) is 32.7 Å². The minimum absolute atomic E-state index is 0.166. The molecule has 1 aliphatic heterocycles. The van der Waals surface area contributed by atoms with Crippen molar-refractivity contribution in [2.75, 3.05) is 33.4 Å². The third-order valence-electron chi connectivity index (χ3n) is 3.80. The van der Waals surface area contributed by atoms with Gasteiger partial charge in [0.2, 0.25) is 0 Å². The molecule has 1 saturated heterocycles. The Morgan fingerprint density at radius 3 is 2.61 bits per heavy atom. The zero-order valence-electron chi connectivity index (χ0n) is 11.5. The summed E-state index contributed by atoms with van der Waals surface area (Å²) in [5.74, 6) is 0. The molecular formula is C15H24N2O. The van der Waals surface area contributed by atoms with Crippen LogP contribution in [0.1, 0.15) is 17.5 Å². The molecule has 18 heavy (non-hydrogen) atoms. The maximum Gasteiger partial charge on any atom is 0.0547 e. The highest BCUT2D eigenvalue weighted by molar-refractivity contribution is 5.21. The lowest BCUT2D eigenvalue weighted by Crippen LogP contribution is -2.41. The molecule has 1 aromatic rings. The van der Waals surface area contributed by atoms with Gasteiger partial charge in [-0.1, -0.05) is 29.8 Å². The average Bonchev–Trinajstić information content (AvgIpc) is 2.81. The van der Waals surface area contributed by atoms with Crippen molar-refractivity contribution >= 4 is 0 Å². The number of hydrogen-bond donors (Lipinski definition) is 1. The normalized spacial score (nSPS) is 23.8. The highest BCUT2D eigenvalue weighted by Crippen LogP contribution is 2.28. The molecule has 0 bridgehead atoms. The van der Waals surface area contributed by atoms with E-state index in [4.69, 9.17) is 10.5 Å². The molecule has 3 heteroatoms. The molecule has 1 aliphatic rings. The first kappa shape index (κ1) is 13.5. The molecule has 0 spiro atoms. The molecule has 0 aromatic heterocycles. The summed E-state index contributed by atoms with van der Waals surface area (Å²) in [5.41, 5.74) is 8.75. The van der Waals surface area contributed by atoms with Gasteiger partial charge in [-0.15, -0.1) is 0 Å². The Morgan fingerprint density at radius 2 is 2.06 bits per heavy atom. The second-order valence-electron chi connectivity index (χ2n) is 5.66. The van der Waals surface area contributed by atoms with Crippen LogP contribution in [0.2, 0.25) is 0 Å². The number of ether oxygens (including phenoxy) is 1. The second kappa shape index (κ2) is 5.83. The standard InChI is InChI=1S/C15H24N2O/c1-13-3-5-14(6-4-13)9-17(2)11-15(10-16)7-8-18-12-15/h3-6H,7-12,16H2,1-2H3. The first-order chi connectivity index (χ1) is 8.63. The van der Waals surface area contributed by atoms with Crippen molar-refractivity contribution in [3.8, 4) is 0 Å². The summed E-state index contributed by atoms with van der Waals surface area (Å²) in [5, 5.41) is 0. The summed E-state index contributed by atoms with van der Waals surface area (Å²) >= 11 is 0. The Kier molecular flexibility index (Phi) is 4.38. The smallest absolute Gasteiger partial charge is 0.0547 e. The highest BCUT2D eigenvalue weighted by Gasteiger charge is 2.34. The third kappa shape index (κ3) is 3.31. The molecule has 1 fully saturated rings. The van der Waals surface area contributed by atoms with Gasteiger partial charge >= 0.3 is 0 Å². The topological polar surface area (TPSA) is 38.5 Å². The predicted octanol–water partition coefficient (Wildman–Crippen LogP) is 1.79. The Morgan fingerprint density at radius 1 is 1.33 bits per heavy atom. The van der Waals surface area contributed by atoms with Crippen molar-refractivity contribution in [3.05, 3.63) is 35.4 Å². The van der Waals surface area contributed by atoms with E-state index >= 15 is 0 Å². The van der Waals surface area contributed by atoms with E-state index in [1.807, 2.05) is 0 Å². The maximum absolute atomic E-state index is 5.92. The molecule has 1 heterocycles. The van der Waals surface area contributed by atoms with E-state index in [2.05, 4.69) is 43.1 Å². The first-order valence-corrected chi connectivity index (χ1v) is 6.65. The van der Waals surface area contributed by atoms with Crippen LogP contribution in [0.5, 0.6) is 0 Å². The SMILES string of the molecule is Cc1ccc(CN(C)CC2(CN)CCOC2)cc1. The largest absolute Gasteiger partial charge is 0.381 e. The lowest BCUT2D eigenvalue weighted by atomic mass is 9.87. The van der Waals surface area contributed by atoms with Gasteiger partial charge in [-0.05, 0) is 26.0 Å². The van der Waals surface area contributed by atoms with Crippen LogP contribution in [0, 0.1) is 12.3 Å². The van der Waals surface area contributed by atoms with Crippen LogP contribution >= 0.6 is 0 Å². The Bertz CT molecular complexity index is 369. The fourth-order valence-corrected chi connectivity index (χ4v) is 2.63. The summed E-state index contributed by atoms with van der Waals surface area (Å²) in [4.78, 5) is 2.35. The first-order valence-electron chi connectivity index (χ1n) is 6.65. The van der Waals surface area contributed by atoms with Crippen molar-refractivity contribution in [3.63, 3.8) is 0 Å². The quantitative estimate of drug-likeness (QED) is 0.863. The minimum atomic E-state index is 0.166. The molecule has 0 saturated carbocycles. The molecule has 1 unspecified atom stereocenters. The summed E-state index contributed by atoms with van der Waals surface area (Å²) < 4.78 is 5.51. The summed E-state index contributed by atoms with van der Waals surface area (Å²) in [6.07, 6.45) is 1.09. The molecule has 0 aliphatic carbocycles. The van der Waals surface area contributed by atoms with Crippen LogP contribution < -0.4 is 5.73 Å². The van der Waals surface area contributed by atoms with Crippen molar-refractivity contribution in [1.29, 1.82) is 0 Å². The summed E-state index contributed by atoms with van der Waals surface area (Å²) in [6.45, 7) is 6.48. The number of rotatable bonds is 5. The van der Waals surface area contributed by atoms with Gasteiger partial charge in [0.15, 0.2) is 0 Å². The zero-order valence-corrected chi connectivity index (χ0v) is 11.5. The molecule has 0 radical (unpaired) electrons. The summed E-state index contributed by atoms with van der Waals surface area (Å²) in [7, 11) is 2.16. The van der Waals surface area contributed by atoms with E-state index in [-0.39, 0.29) is 5.41 Å². The predicted molar refractivity (Wildman–Crippen MR) is 74.4 cm³/mol. The Balaban J connectivity index is 1.91. The number of benzene rings is 1. The van der Waals surface area contributed by atoms with E-state index < -0.39 is 0 Å². The lowest BCUT2D eigenvalue weighted by molar-refractivity contribution is 0.123. The maximum atomic E-state index is 5.92. The molecule has 0 amide bonds. The van der Waals surface area contributed by atoms with E-state index in [0.29, 0.717) is 6.54 Å². The lowest BCUT2D eigenvalue weighted by Gasteiger charge is -2.31. The van der Waals surface area contributed by atoms with Gasteiger partial charge in [0.05, 0.1) is 6.61 Å². The summed E-state index contributed by atoms with van der Waals surface area (Å²) in [6, 6.07) is 8.74. The second-order valence-corrected chi connectivity index (χ2v) is 5.66. The molecule has 1 aromatic carbocycles. The molecule has 100 valence electrons. The van der Waals surface area contributed by atoms with Crippen molar-refractivity contribution in [1.82, 2.24) is 4.90 Å². The van der Waals surface area contributed by atoms with Gasteiger partial charge in [-0.2, -0.15) is 0 Å². The van der Waals surface area contributed by atoms with Gasteiger partial charge in [0.25, 0.3) is 0 Å². The van der Waals surface area contributed by atoms with Gasteiger partial charge in [0, 0.05) is 31.7 Å². The molecular weight excluding hydrogens is 224 g/mol. The number of nitrogens with zero attached hydrogens (tertiary/aromatic N) is 1. The Labute approximate surface area is 110 Å². The van der Waals surface area contributed by atoms with Crippen LogP contribution in [0.4, 0.5) is 0 Å². The Hall–Kier alpha value is -0.900. The highest BCUT2D eigenvalue weighted by atomic mass is 16.5. The monoisotopic (exact) mass is 248 g/mol.